The third-order valence-corrected chi connectivity index (χ3v) is 6.66. The Hall–Kier alpha value is -2.62. The topological polar surface area (TPSA) is 79.0 Å². The van der Waals surface area contributed by atoms with Crippen LogP contribution in [0.25, 0.3) is 6.08 Å². The molecule has 2 aromatic rings. The van der Waals surface area contributed by atoms with Crippen molar-refractivity contribution in [1.82, 2.24) is 4.90 Å². The van der Waals surface area contributed by atoms with Crippen LogP contribution in [0.3, 0.4) is 0 Å². The van der Waals surface area contributed by atoms with Gasteiger partial charge >= 0.3 is 0 Å². The Morgan fingerprint density at radius 1 is 1.16 bits per heavy atom. The van der Waals surface area contributed by atoms with Crippen molar-refractivity contribution < 1.29 is 19.1 Å². The zero-order valence-corrected chi connectivity index (χ0v) is 19.9. The van der Waals surface area contributed by atoms with Crippen LogP contribution in [-0.4, -0.2) is 54.8 Å². The number of imide groups is 1. The van der Waals surface area contributed by atoms with Crippen LogP contribution in [0.4, 0.5) is 16.2 Å². The molecule has 166 valence electrons. The number of benzene rings is 2. The molecule has 0 aliphatic carbocycles. The summed E-state index contributed by atoms with van der Waals surface area (Å²) in [6.45, 7) is 4.77. The lowest BCUT2D eigenvalue weighted by Crippen LogP contribution is -2.36. The molecule has 2 heterocycles. The molecule has 0 saturated carbocycles. The number of aryl methyl sites for hydroxylation is 1. The quantitative estimate of drug-likeness (QED) is 0.599. The first-order chi connectivity index (χ1) is 15.4. The molecular formula is C23H22BrN3O4S. The zero-order chi connectivity index (χ0) is 22.7. The largest absolute Gasteiger partial charge is 0.378 e. The maximum Gasteiger partial charge on any atom is 0.294 e. The van der Waals surface area contributed by atoms with Gasteiger partial charge in [0.15, 0.2) is 0 Å². The highest BCUT2D eigenvalue weighted by atomic mass is 79.9. The number of carbonyl (C=O) groups excluding carboxylic acids is 3. The van der Waals surface area contributed by atoms with E-state index in [0.717, 1.165) is 51.0 Å². The second kappa shape index (κ2) is 9.89. The van der Waals surface area contributed by atoms with Crippen LogP contribution in [0.2, 0.25) is 0 Å². The van der Waals surface area contributed by atoms with Gasteiger partial charge in [-0.15, -0.1) is 0 Å². The van der Waals surface area contributed by atoms with Crippen LogP contribution in [0, 0.1) is 6.92 Å². The zero-order valence-electron chi connectivity index (χ0n) is 17.5. The fourth-order valence-corrected chi connectivity index (χ4v) is 4.59. The summed E-state index contributed by atoms with van der Waals surface area (Å²) >= 11 is 4.19. The average Bonchev–Trinajstić information content (AvgIpc) is 3.04. The lowest BCUT2D eigenvalue weighted by molar-refractivity contribution is -0.127. The average molecular weight is 516 g/mol. The summed E-state index contributed by atoms with van der Waals surface area (Å²) in [5.41, 5.74) is 3.58. The van der Waals surface area contributed by atoms with Crippen LogP contribution in [0.5, 0.6) is 0 Å². The number of morpholine rings is 1. The van der Waals surface area contributed by atoms with Crippen molar-refractivity contribution in [3.05, 3.63) is 63.0 Å². The normalized spacial score (nSPS) is 17.9. The molecular weight excluding hydrogens is 494 g/mol. The number of rotatable bonds is 5. The molecule has 2 aliphatic rings. The van der Waals surface area contributed by atoms with Gasteiger partial charge in [-0.25, -0.2) is 0 Å². The van der Waals surface area contributed by atoms with E-state index in [9.17, 15) is 14.4 Å². The summed E-state index contributed by atoms with van der Waals surface area (Å²) in [6, 6.07) is 13.1. The molecule has 0 spiro atoms. The first kappa shape index (κ1) is 22.6. The van der Waals surface area contributed by atoms with E-state index in [1.54, 1.807) is 30.3 Å². The van der Waals surface area contributed by atoms with Crippen LogP contribution in [0.15, 0.2) is 51.8 Å². The fourth-order valence-electron chi connectivity index (χ4n) is 3.49. The van der Waals surface area contributed by atoms with Gasteiger partial charge in [-0.3, -0.25) is 19.3 Å². The third kappa shape index (κ3) is 5.23. The van der Waals surface area contributed by atoms with E-state index in [1.165, 1.54) is 0 Å². The number of nitrogens with zero attached hydrogens (tertiary/aromatic N) is 2. The van der Waals surface area contributed by atoms with Gasteiger partial charge in [-0.05, 0) is 72.3 Å². The Morgan fingerprint density at radius 2 is 1.88 bits per heavy atom. The Kier molecular flexibility index (Phi) is 6.98. The molecule has 2 aliphatic heterocycles. The Labute approximate surface area is 198 Å². The smallest absolute Gasteiger partial charge is 0.294 e. The fraction of sp³-hybridized carbons (Fsp3) is 0.261. The van der Waals surface area contributed by atoms with Crippen LogP contribution in [0.1, 0.15) is 11.1 Å². The summed E-state index contributed by atoms with van der Waals surface area (Å²) < 4.78 is 6.29. The van der Waals surface area contributed by atoms with Crippen LogP contribution in [-0.2, 0) is 14.3 Å². The van der Waals surface area contributed by atoms with Crippen molar-refractivity contribution in [2.45, 2.75) is 6.92 Å². The van der Waals surface area contributed by atoms with E-state index in [0.29, 0.717) is 23.8 Å². The number of thioether (sulfide) groups is 1. The minimum Gasteiger partial charge on any atom is -0.378 e. The van der Waals surface area contributed by atoms with Crippen molar-refractivity contribution >= 4 is 62.2 Å². The number of amides is 3. The molecule has 4 rings (SSSR count). The van der Waals surface area contributed by atoms with Gasteiger partial charge in [-0.2, -0.15) is 0 Å². The van der Waals surface area contributed by atoms with E-state index in [-0.39, 0.29) is 6.54 Å². The number of hydrogen-bond acceptors (Lipinski definition) is 6. The highest BCUT2D eigenvalue weighted by Crippen LogP contribution is 2.33. The predicted octanol–water partition coefficient (Wildman–Crippen LogP) is 4.27. The molecule has 0 radical (unpaired) electrons. The number of carbonyl (C=O) groups is 3. The summed E-state index contributed by atoms with van der Waals surface area (Å²) in [6.07, 6.45) is 1.72. The summed E-state index contributed by atoms with van der Waals surface area (Å²) in [4.78, 5) is 41.1. The molecule has 0 unspecified atom stereocenters. The van der Waals surface area contributed by atoms with E-state index >= 15 is 0 Å². The van der Waals surface area contributed by atoms with Crippen LogP contribution >= 0.6 is 27.7 Å². The number of ether oxygens (including phenoxy) is 1. The molecule has 32 heavy (non-hydrogen) atoms. The minimum atomic E-state index is -0.456. The van der Waals surface area contributed by atoms with E-state index < -0.39 is 17.1 Å². The molecule has 2 saturated heterocycles. The Balaban J connectivity index is 1.43. The van der Waals surface area contributed by atoms with Crippen molar-refractivity contribution in [3.8, 4) is 0 Å². The molecule has 0 aromatic heterocycles. The van der Waals surface area contributed by atoms with Gasteiger partial charge < -0.3 is 15.0 Å². The van der Waals surface area contributed by atoms with Crippen molar-refractivity contribution in [2.75, 3.05) is 43.1 Å². The first-order valence-electron chi connectivity index (χ1n) is 10.1. The van der Waals surface area contributed by atoms with E-state index in [2.05, 4.69) is 32.2 Å². The van der Waals surface area contributed by atoms with Gasteiger partial charge in [-0.1, -0.05) is 22.0 Å². The minimum absolute atomic E-state index is 0.314. The van der Waals surface area contributed by atoms with Gasteiger partial charge in [0.05, 0.1) is 18.1 Å². The Morgan fingerprint density at radius 3 is 2.56 bits per heavy atom. The number of anilines is 2. The molecule has 2 aromatic carbocycles. The standard InChI is InChI=1S/C23H22BrN3O4S/c1-15-12-19(26-8-10-31-11-9-26)7-2-16(15)13-20-22(29)27(23(30)32-20)14-21(28)25-18-5-3-17(24)4-6-18/h2-7,12-13H,8-11,14H2,1H3,(H,25,28)/b20-13-. The number of hydrogen-bond donors (Lipinski definition) is 1. The number of halogens is 1. The molecule has 0 bridgehead atoms. The van der Waals surface area contributed by atoms with Crippen molar-refractivity contribution in [1.29, 1.82) is 0 Å². The van der Waals surface area contributed by atoms with E-state index in [1.807, 2.05) is 19.1 Å². The molecule has 7 nitrogen and oxygen atoms in total. The van der Waals surface area contributed by atoms with Gasteiger partial charge in [0.25, 0.3) is 11.1 Å². The second-order valence-corrected chi connectivity index (χ2v) is 9.37. The first-order valence-corrected chi connectivity index (χ1v) is 11.8. The molecule has 3 amide bonds. The SMILES string of the molecule is Cc1cc(N2CCOCC2)ccc1/C=C1\SC(=O)N(CC(=O)Nc2ccc(Br)cc2)C1=O. The summed E-state index contributed by atoms with van der Waals surface area (Å²) in [7, 11) is 0. The molecule has 2 fully saturated rings. The van der Waals surface area contributed by atoms with Gasteiger partial charge in [0.2, 0.25) is 5.91 Å². The third-order valence-electron chi connectivity index (χ3n) is 5.22. The maximum atomic E-state index is 12.8. The van der Waals surface area contributed by atoms with Crippen molar-refractivity contribution in [2.24, 2.45) is 0 Å². The van der Waals surface area contributed by atoms with Crippen LogP contribution < -0.4 is 10.2 Å². The summed E-state index contributed by atoms with van der Waals surface area (Å²) in [5, 5.41) is 2.25. The second-order valence-electron chi connectivity index (χ2n) is 7.46. The highest BCUT2D eigenvalue weighted by Gasteiger charge is 2.36. The number of nitrogens with one attached hydrogen (secondary N) is 1. The van der Waals surface area contributed by atoms with Gasteiger partial charge in [0.1, 0.15) is 6.54 Å². The lowest BCUT2D eigenvalue weighted by atomic mass is 10.1. The summed E-state index contributed by atoms with van der Waals surface area (Å²) in [5.74, 6) is -0.885. The monoisotopic (exact) mass is 515 g/mol. The molecule has 1 N–H and O–H groups in total. The lowest BCUT2D eigenvalue weighted by Gasteiger charge is -2.29. The van der Waals surface area contributed by atoms with Gasteiger partial charge in [0, 0.05) is 28.9 Å². The molecule has 0 atom stereocenters. The highest BCUT2D eigenvalue weighted by molar-refractivity contribution is 9.10. The predicted molar refractivity (Wildman–Crippen MR) is 130 cm³/mol. The van der Waals surface area contributed by atoms with E-state index in [4.69, 9.17) is 4.74 Å². The van der Waals surface area contributed by atoms with Crippen molar-refractivity contribution in [3.63, 3.8) is 0 Å². The molecule has 9 heteroatoms. The maximum absolute atomic E-state index is 12.8. The Bertz CT molecular complexity index is 1080.